The van der Waals surface area contributed by atoms with E-state index in [1.165, 1.54) is 31.9 Å². The van der Waals surface area contributed by atoms with Gasteiger partial charge in [0.1, 0.15) is 5.75 Å². The number of esters is 1. The van der Waals surface area contributed by atoms with Gasteiger partial charge in [-0.1, -0.05) is 51.2 Å². The smallest absolute Gasteiger partial charge is 0.412 e. The first-order valence-corrected chi connectivity index (χ1v) is 10.3. The van der Waals surface area contributed by atoms with Gasteiger partial charge in [0.2, 0.25) is 0 Å². The highest BCUT2D eigenvalue weighted by atomic mass is 16.6. The van der Waals surface area contributed by atoms with Crippen molar-refractivity contribution in [1.29, 1.82) is 0 Å². The molecule has 0 aliphatic rings. The van der Waals surface area contributed by atoms with Crippen molar-refractivity contribution < 1.29 is 19.1 Å². The lowest BCUT2D eigenvalue weighted by atomic mass is 10.1. The number of benzene rings is 1. The SMILES string of the molecule is CCCCCCCCNC(=O)Oc1cccc(-c2cncc(C(=O)OCC)c2)c1. The van der Waals surface area contributed by atoms with Gasteiger partial charge in [-0.2, -0.15) is 0 Å². The van der Waals surface area contributed by atoms with Gasteiger partial charge in [-0.05, 0) is 37.1 Å². The Bertz CT molecular complexity index is 792. The molecule has 29 heavy (non-hydrogen) atoms. The number of nitrogens with zero attached hydrogens (tertiary/aromatic N) is 1. The van der Waals surface area contributed by atoms with E-state index in [0.717, 1.165) is 24.0 Å². The molecule has 6 nitrogen and oxygen atoms in total. The van der Waals surface area contributed by atoms with Crippen LogP contribution in [0, 0.1) is 0 Å². The molecule has 0 aliphatic carbocycles. The molecule has 0 aliphatic heterocycles. The van der Waals surface area contributed by atoms with Gasteiger partial charge in [0.05, 0.1) is 12.2 Å². The summed E-state index contributed by atoms with van der Waals surface area (Å²) < 4.78 is 10.4. The molecule has 1 heterocycles. The van der Waals surface area contributed by atoms with Crippen molar-refractivity contribution in [1.82, 2.24) is 10.3 Å². The summed E-state index contributed by atoms with van der Waals surface area (Å²) in [6.07, 6.45) is 9.67. The zero-order valence-corrected chi connectivity index (χ0v) is 17.3. The fourth-order valence-electron chi connectivity index (χ4n) is 2.90. The molecular weight excluding hydrogens is 368 g/mol. The maximum absolute atomic E-state index is 12.0. The Morgan fingerprint density at radius 1 is 0.966 bits per heavy atom. The van der Waals surface area contributed by atoms with E-state index >= 15 is 0 Å². The fraction of sp³-hybridized carbons (Fsp3) is 0.435. The zero-order chi connectivity index (χ0) is 20.9. The van der Waals surface area contributed by atoms with Crippen LogP contribution in [0.5, 0.6) is 5.75 Å². The molecule has 0 unspecified atom stereocenters. The molecule has 1 aromatic carbocycles. The number of aromatic nitrogens is 1. The molecule has 0 radical (unpaired) electrons. The maximum atomic E-state index is 12.0. The van der Waals surface area contributed by atoms with Crippen LogP contribution in [0.3, 0.4) is 0 Å². The summed E-state index contributed by atoms with van der Waals surface area (Å²) in [5, 5.41) is 2.78. The standard InChI is InChI=1S/C23H30N2O4/c1-3-5-6-7-8-9-13-25-23(27)29-21-12-10-11-18(15-21)19-14-20(17-24-16-19)22(26)28-4-2/h10-12,14-17H,3-9,13H2,1-2H3,(H,25,27). The van der Waals surface area contributed by atoms with E-state index in [4.69, 9.17) is 9.47 Å². The van der Waals surface area contributed by atoms with E-state index in [9.17, 15) is 9.59 Å². The van der Waals surface area contributed by atoms with Crippen LogP contribution in [0.1, 0.15) is 62.7 Å². The first kappa shape index (κ1) is 22.4. The van der Waals surface area contributed by atoms with Crippen LogP contribution in [0.15, 0.2) is 42.7 Å². The van der Waals surface area contributed by atoms with Gasteiger partial charge in [0, 0.05) is 24.5 Å². The highest BCUT2D eigenvalue weighted by Crippen LogP contribution is 2.24. The number of pyridine rings is 1. The summed E-state index contributed by atoms with van der Waals surface area (Å²) in [6.45, 7) is 4.87. The number of nitrogens with one attached hydrogen (secondary N) is 1. The van der Waals surface area contributed by atoms with Gasteiger partial charge >= 0.3 is 12.1 Å². The van der Waals surface area contributed by atoms with E-state index in [2.05, 4.69) is 17.2 Å². The van der Waals surface area contributed by atoms with Crippen molar-refractivity contribution in [2.75, 3.05) is 13.2 Å². The lowest BCUT2D eigenvalue weighted by Crippen LogP contribution is -2.27. The monoisotopic (exact) mass is 398 g/mol. The van der Waals surface area contributed by atoms with E-state index in [0.29, 0.717) is 24.5 Å². The second-order valence-electron chi connectivity index (χ2n) is 6.79. The van der Waals surface area contributed by atoms with E-state index in [1.807, 2.05) is 6.07 Å². The molecule has 0 bridgehead atoms. The molecule has 0 spiro atoms. The van der Waals surface area contributed by atoms with Crippen LogP contribution < -0.4 is 10.1 Å². The molecule has 0 saturated heterocycles. The third-order valence-corrected chi connectivity index (χ3v) is 4.43. The van der Waals surface area contributed by atoms with Crippen molar-refractivity contribution in [3.8, 4) is 16.9 Å². The summed E-state index contributed by atoms with van der Waals surface area (Å²) in [7, 11) is 0. The number of hydrogen-bond donors (Lipinski definition) is 1. The number of amides is 1. The molecular formula is C23H30N2O4. The fourth-order valence-corrected chi connectivity index (χ4v) is 2.90. The van der Waals surface area contributed by atoms with Crippen molar-refractivity contribution in [3.63, 3.8) is 0 Å². The van der Waals surface area contributed by atoms with Gasteiger partial charge in [-0.3, -0.25) is 4.98 Å². The van der Waals surface area contributed by atoms with E-state index in [1.54, 1.807) is 37.4 Å². The quantitative estimate of drug-likeness (QED) is 0.406. The number of carbonyl (C=O) groups excluding carboxylic acids is 2. The van der Waals surface area contributed by atoms with Gasteiger partial charge < -0.3 is 14.8 Å². The van der Waals surface area contributed by atoms with Gasteiger partial charge in [-0.15, -0.1) is 0 Å². The molecule has 2 aromatic rings. The lowest BCUT2D eigenvalue weighted by Gasteiger charge is -2.09. The Labute approximate surface area is 172 Å². The molecule has 6 heteroatoms. The molecule has 156 valence electrons. The number of ether oxygens (including phenoxy) is 2. The summed E-state index contributed by atoms with van der Waals surface area (Å²) in [5.74, 6) is 0.0211. The zero-order valence-electron chi connectivity index (χ0n) is 17.3. The van der Waals surface area contributed by atoms with Crippen LogP contribution in [0.2, 0.25) is 0 Å². The predicted molar refractivity (Wildman–Crippen MR) is 113 cm³/mol. The Balaban J connectivity index is 1.88. The van der Waals surface area contributed by atoms with E-state index < -0.39 is 12.1 Å². The largest absolute Gasteiger partial charge is 0.462 e. The van der Waals surface area contributed by atoms with Crippen molar-refractivity contribution in [2.24, 2.45) is 0 Å². The second kappa shape index (κ2) is 12.5. The molecule has 0 saturated carbocycles. The van der Waals surface area contributed by atoms with Gasteiger partial charge in [-0.25, -0.2) is 9.59 Å². The summed E-state index contributed by atoms with van der Waals surface area (Å²) >= 11 is 0. The number of unbranched alkanes of at least 4 members (excludes halogenated alkanes) is 5. The minimum atomic E-state index is -0.464. The Hall–Kier alpha value is -2.89. The van der Waals surface area contributed by atoms with Crippen LogP contribution in [-0.2, 0) is 4.74 Å². The predicted octanol–water partition coefficient (Wildman–Crippen LogP) is 5.37. The number of rotatable bonds is 11. The third kappa shape index (κ3) is 7.94. The van der Waals surface area contributed by atoms with Crippen molar-refractivity contribution >= 4 is 12.1 Å². The lowest BCUT2D eigenvalue weighted by molar-refractivity contribution is 0.0526. The van der Waals surface area contributed by atoms with Gasteiger partial charge in [0.15, 0.2) is 0 Å². The van der Waals surface area contributed by atoms with E-state index in [-0.39, 0.29) is 0 Å². The molecule has 2 rings (SSSR count). The van der Waals surface area contributed by atoms with Crippen molar-refractivity contribution in [3.05, 3.63) is 48.3 Å². The topological polar surface area (TPSA) is 77.5 Å². The van der Waals surface area contributed by atoms with Crippen molar-refractivity contribution in [2.45, 2.75) is 52.4 Å². The Morgan fingerprint density at radius 3 is 2.55 bits per heavy atom. The average molecular weight is 399 g/mol. The number of hydrogen-bond acceptors (Lipinski definition) is 5. The maximum Gasteiger partial charge on any atom is 0.412 e. The Morgan fingerprint density at radius 2 is 1.76 bits per heavy atom. The third-order valence-electron chi connectivity index (χ3n) is 4.43. The summed E-state index contributed by atoms with van der Waals surface area (Å²) in [5.41, 5.74) is 1.92. The summed E-state index contributed by atoms with van der Waals surface area (Å²) in [6, 6.07) is 8.84. The Kier molecular flexibility index (Phi) is 9.69. The molecule has 0 fully saturated rings. The summed E-state index contributed by atoms with van der Waals surface area (Å²) in [4.78, 5) is 28.0. The molecule has 0 atom stereocenters. The molecule has 1 N–H and O–H groups in total. The minimum absolute atomic E-state index is 0.306. The second-order valence-corrected chi connectivity index (χ2v) is 6.79. The van der Waals surface area contributed by atoms with Crippen LogP contribution in [-0.4, -0.2) is 30.2 Å². The first-order valence-electron chi connectivity index (χ1n) is 10.3. The molecule has 1 aromatic heterocycles. The van der Waals surface area contributed by atoms with Crippen LogP contribution in [0.4, 0.5) is 4.79 Å². The van der Waals surface area contributed by atoms with Crippen LogP contribution in [0.25, 0.3) is 11.1 Å². The average Bonchev–Trinajstić information content (AvgIpc) is 2.73. The normalized spacial score (nSPS) is 10.4. The van der Waals surface area contributed by atoms with Crippen LogP contribution >= 0.6 is 0 Å². The highest BCUT2D eigenvalue weighted by Gasteiger charge is 2.10. The molecule has 1 amide bonds. The number of carbonyl (C=O) groups is 2. The van der Waals surface area contributed by atoms with Gasteiger partial charge in [0.25, 0.3) is 0 Å². The highest BCUT2D eigenvalue weighted by molar-refractivity contribution is 5.90. The first-order chi connectivity index (χ1) is 14.1. The minimum Gasteiger partial charge on any atom is -0.462 e.